The highest BCUT2D eigenvalue weighted by Gasteiger charge is 2.20. The van der Waals surface area contributed by atoms with Crippen molar-refractivity contribution >= 4 is 23.5 Å². The summed E-state index contributed by atoms with van der Waals surface area (Å²) in [5, 5.41) is 7.66. The molecular weight excluding hydrogens is 278 g/mol. The second kappa shape index (κ2) is 7.55. The van der Waals surface area contributed by atoms with Gasteiger partial charge in [-0.05, 0) is 12.8 Å². The zero-order valence-electron chi connectivity index (χ0n) is 11.9. The number of hydrogen-bond donors (Lipinski definition) is 1. The van der Waals surface area contributed by atoms with Crippen molar-refractivity contribution in [1.29, 1.82) is 0 Å². The zero-order chi connectivity index (χ0) is 13.7. The Morgan fingerprint density at radius 3 is 2.58 bits per heavy atom. The van der Waals surface area contributed by atoms with Gasteiger partial charge in [0.05, 0.1) is 6.04 Å². The van der Waals surface area contributed by atoms with Crippen LogP contribution >= 0.6 is 23.5 Å². The van der Waals surface area contributed by atoms with Gasteiger partial charge >= 0.3 is 0 Å². The maximum absolute atomic E-state index is 5.36. The van der Waals surface area contributed by atoms with E-state index in [-0.39, 0.29) is 6.04 Å². The summed E-state index contributed by atoms with van der Waals surface area (Å²) in [4.78, 5) is 4.49. The van der Waals surface area contributed by atoms with Gasteiger partial charge in [-0.3, -0.25) is 0 Å². The van der Waals surface area contributed by atoms with Gasteiger partial charge in [-0.25, -0.2) is 0 Å². The summed E-state index contributed by atoms with van der Waals surface area (Å²) in [5.74, 6) is 6.96. The number of hydrogen-bond acceptors (Lipinski definition) is 6. The summed E-state index contributed by atoms with van der Waals surface area (Å²) >= 11 is 4.05. The number of thioether (sulfide) groups is 2. The summed E-state index contributed by atoms with van der Waals surface area (Å²) < 4.78 is 5.36. The smallest absolute Gasteiger partial charge is 0.243 e. The van der Waals surface area contributed by atoms with Crippen molar-refractivity contribution in [3.8, 4) is 0 Å². The highest BCUT2D eigenvalue weighted by Crippen LogP contribution is 2.19. The van der Waals surface area contributed by atoms with Crippen molar-refractivity contribution in [3.63, 3.8) is 0 Å². The predicted molar refractivity (Wildman–Crippen MR) is 82.8 cm³/mol. The molecule has 2 heterocycles. The van der Waals surface area contributed by atoms with Crippen LogP contribution in [0.15, 0.2) is 4.52 Å². The Kier molecular flexibility index (Phi) is 6.04. The number of nitrogens with zero attached hydrogens (tertiary/aromatic N) is 2. The molecule has 1 atom stereocenters. The van der Waals surface area contributed by atoms with E-state index in [2.05, 4.69) is 36.2 Å². The number of rotatable bonds is 5. The molecule has 1 aliphatic rings. The van der Waals surface area contributed by atoms with E-state index in [4.69, 9.17) is 4.52 Å². The van der Waals surface area contributed by atoms with Crippen LogP contribution in [0.2, 0.25) is 0 Å². The van der Waals surface area contributed by atoms with Crippen LogP contribution in [0, 0.1) is 5.92 Å². The second-order valence-corrected chi connectivity index (χ2v) is 7.68. The topological polar surface area (TPSA) is 51.0 Å². The summed E-state index contributed by atoms with van der Waals surface area (Å²) in [6.07, 6.45) is 0.880. The van der Waals surface area contributed by atoms with Crippen molar-refractivity contribution in [2.75, 3.05) is 23.0 Å². The Hall–Kier alpha value is -0.200. The summed E-state index contributed by atoms with van der Waals surface area (Å²) in [6, 6.07) is 0.672. The molecule has 1 saturated heterocycles. The molecule has 1 aromatic rings. The maximum Gasteiger partial charge on any atom is 0.243 e. The lowest BCUT2D eigenvalue weighted by Crippen LogP contribution is -2.35. The fraction of sp³-hybridized carbons (Fsp3) is 0.846. The van der Waals surface area contributed by atoms with E-state index in [1.165, 1.54) is 23.0 Å². The van der Waals surface area contributed by atoms with Gasteiger partial charge in [-0.1, -0.05) is 19.0 Å². The molecule has 2 rings (SSSR count). The number of nitrogens with one attached hydrogen (secondary N) is 1. The molecule has 0 radical (unpaired) electrons. The Labute approximate surface area is 123 Å². The van der Waals surface area contributed by atoms with Gasteiger partial charge in [0.25, 0.3) is 0 Å². The van der Waals surface area contributed by atoms with Crippen molar-refractivity contribution in [1.82, 2.24) is 15.5 Å². The van der Waals surface area contributed by atoms with Gasteiger partial charge < -0.3 is 9.84 Å². The van der Waals surface area contributed by atoms with Gasteiger partial charge in [-0.2, -0.15) is 28.5 Å². The quantitative estimate of drug-likeness (QED) is 0.902. The van der Waals surface area contributed by atoms with Crippen LogP contribution in [-0.4, -0.2) is 39.2 Å². The SMILES string of the molecule is CC(C)Cc1noc([C@H](C)NC2CSCCSC2)n1. The van der Waals surface area contributed by atoms with E-state index in [0.717, 1.165) is 18.1 Å². The normalized spacial score (nSPS) is 19.6. The van der Waals surface area contributed by atoms with Gasteiger partial charge in [0, 0.05) is 35.5 Å². The number of aromatic nitrogens is 2. The summed E-state index contributed by atoms with van der Waals surface area (Å²) in [7, 11) is 0. The van der Waals surface area contributed by atoms with Crippen LogP contribution < -0.4 is 5.32 Å². The summed E-state index contributed by atoms with van der Waals surface area (Å²) in [6.45, 7) is 6.43. The van der Waals surface area contributed by atoms with Gasteiger partial charge in [-0.15, -0.1) is 0 Å². The average molecular weight is 301 g/mol. The van der Waals surface area contributed by atoms with Gasteiger partial charge in [0.1, 0.15) is 0 Å². The highest BCUT2D eigenvalue weighted by atomic mass is 32.2. The lowest BCUT2D eigenvalue weighted by Gasteiger charge is -2.18. The van der Waals surface area contributed by atoms with Gasteiger partial charge in [0.15, 0.2) is 5.82 Å². The molecule has 4 nitrogen and oxygen atoms in total. The fourth-order valence-electron chi connectivity index (χ4n) is 2.03. The molecule has 108 valence electrons. The fourth-order valence-corrected chi connectivity index (χ4v) is 4.45. The second-order valence-electron chi connectivity index (χ2n) is 5.38. The zero-order valence-corrected chi connectivity index (χ0v) is 13.5. The molecule has 0 bridgehead atoms. The van der Waals surface area contributed by atoms with Crippen LogP contribution in [0.1, 0.15) is 38.5 Å². The molecule has 0 aliphatic carbocycles. The lowest BCUT2D eigenvalue weighted by molar-refractivity contribution is 0.328. The van der Waals surface area contributed by atoms with Crippen molar-refractivity contribution in [3.05, 3.63) is 11.7 Å². The monoisotopic (exact) mass is 301 g/mol. The van der Waals surface area contributed by atoms with E-state index in [9.17, 15) is 0 Å². The van der Waals surface area contributed by atoms with Crippen molar-refractivity contribution in [2.45, 2.75) is 39.3 Å². The Balaban J connectivity index is 1.87. The molecular formula is C13H23N3OS2. The minimum absolute atomic E-state index is 0.137. The first kappa shape index (κ1) is 15.2. The molecule has 19 heavy (non-hydrogen) atoms. The first-order valence-corrected chi connectivity index (χ1v) is 9.20. The third-order valence-electron chi connectivity index (χ3n) is 2.94. The largest absolute Gasteiger partial charge is 0.338 e. The molecule has 6 heteroatoms. The van der Waals surface area contributed by atoms with Crippen LogP contribution in [0.25, 0.3) is 0 Å². The standard InChI is InChI=1S/C13H23N3OS2/c1-9(2)6-12-15-13(17-16-12)10(3)14-11-7-18-4-5-19-8-11/h9-11,14H,4-8H2,1-3H3/t10-/m0/s1. The minimum atomic E-state index is 0.137. The molecule has 0 saturated carbocycles. The average Bonchev–Trinajstić information content (AvgIpc) is 2.66. The van der Waals surface area contributed by atoms with Crippen molar-refractivity contribution < 1.29 is 4.52 Å². The minimum Gasteiger partial charge on any atom is -0.338 e. The Morgan fingerprint density at radius 1 is 1.26 bits per heavy atom. The summed E-state index contributed by atoms with van der Waals surface area (Å²) in [5.41, 5.74) is 0. The van der Waals surface area contributed by atoms with E-state index in [1.807, 2.05) is 23.5 Å². The molecule has 0 unspecified atom stereocenters. The lowest BCUT2D eigenvalue weighted by atomic mass is 10.1. The first-order chi connectivity index (χ1) is 9.15. The third kappa shape index (κ3) is 5.00. The predicted octanol–water partition coefficient (Wildman–Crippen LogP) is 2.77. The molecule has 1 aromatic heterocycles. The first-order valence-electron chi connectivity index (χ1n) is 6.89. The van der Waals surface area contributed by atoms with Gasteiger partial charge in [0.2, 0.25) is 5.89 Å². The molecule has 0 aromatic carbocycles. The van der Waals surface area contributed by atoms with Crippen LogP contribution in [0.4, 0.5) is 0 Å². The molecule has 0 amide bonds. The molecule has 1 fully saturated rings. The highest BCUT2D eigenvalue weighted by molar-refractivity contribution is 8.03. The Morgan fingerprint density at radius 2 is 1.95 bits per heavy atom. The van der Waals surface area contributed by atoms with Crippen molar-refractivity contribution in [2.24, 2.45) is 5.92 Å². The van der Waals surface area contributed by atoms with E-state index >= 15 is 0 Å². The molecule has 1 N–H and O–H groups in total. The van der Waals surface area contributed by atoms with E-state index in [0.29, 0.717) is 12.0 Å². The Bertz CT molecular complexity index is 376. The van der Waals surface area contributed by atoms with E-state index < -0.39 is 0 Å². The van der Waals surface area contributed by atoms with E-state index in [1.54, 1.807) is 0 Å². The van der Waals surface area contributed by atoms with Crippen LogP contribution in [0.3, 0.4) is 0 Å². The molecule has 1 aliphatic heterocycles. The maximum atomic E-state index is 5.36. The van der Waals surface area contributed by atoms with Crippen LogP contribution in [-0.2, 0) is 6.42 Å². The molecule has 0 spiro atoms. The van der Waals surface area contributed by atoms with Crippen LogP contribution in [0.5, 0.6) is 0 Å². The third-order valence-corrected chi connectivity index (χ3v) is 5.46.